The van der Waals surface area contributed by atoms with Gasteiger partial charge in [-0.3, -0.25) is 0 Å². The third-order valence-corrected chi connectivity index (χ3v) is 2.59. The standard InChI is InChI=1S/C14H18N2O3/c17-13(8-15-9-14-6-7-16-19-14)11-18-10-12-4-2-1-3-5-12/h1-7,13,15,17H,8-11H2. The van der Waals surface area contributed by atoms with Crippen LogP contribution in [0.4, 0.5) is 0 Å². The van der Waals surface area contributed by atoms with Gasteiger partial charge in [-0.15, -0.1) is 0 Å². The van der Waals surface area contributed by atoms with E-state index in [4.69, 9.17) is 9.26 Å². The molecule has 5 heteroatoms. The number of rotatable bonds is 8. The van der Waals surface area contributed by atoms with Gasteiger partial charge in [-0.25, -0.2) is 0 Å². The van der Waals surface area contributed by atoms with Gasteiger partial charge < -0.3 is 19.7 Å². The van der Waals surface area contributed by atoms with E-state index in [0.717, 1.165) is 11.3 Å². The Hall–Kier alpha value is -1.69. The molecular formula is C14H18N2O3. The zero-order valence-electron chi connectivity index (χ0n) is 10.7. The van der Waals surface area contributed by atoms with Gasteiger partial charge in [-0.05, 0) is 5.56 Å². The normalized spacial score (nSPS) is 12.5. The van der Waals surface area contributed by atoms with E-state index in [9.17, 15) is 5.11 Å². The van der Waals surface area contributed by atoms with Crippen molar-refractivity contribution in [3.8, 4) is 0 Å². The van der Waals surface area contributed by atoms with Crippen LogP contribution in [0, 0.1) is 0 Å². The quantitative estimate of drug-likeness (QED) is 0.751. The largest absolute Gasteiger partial charge is 0.389 e. The number of hydrogen-bond donors (Lipinski definition) is 2. The number of aliphatic hydroxyl groups is 1. The molecule has 0 aliphatic rings. The Bertz CT molecular complexity index is 445. The zero-order chi connectivity index (χ0) is 13.3. The zero-order valence-corrected chi connectivity index (χ0v) is 10.7. The first-order valence-corrected chi connectivity index (χ1v) is 6.24. The minimum absolute atomic E-state index is 0.304. The SMILES string of the molecule is OC(CNCc1ccno1)COCc1ccccc1. The second-order valence-corrected chi connectivity index (χ2v) is 4.26. The van der Waals surface area contributed by atoms with Crippen molar-refractivity contribution >= 4 is 0 Å². The fourth-order valence-electron chi connectivity index (χ4n) is 1.64. The predicted octanol–water partition coefficient (Wildman–Crippen LogP) is 1.34. The third kappa shape index (κ3) is 5.21. The van der Waals surface area contributed by atoms with Gasteiger partial charge >= 0.3 is 0 Å². The Morgan fingerprint density at radius 3 is 2.84 bits per heavy atom. The molecule has 102 valence electrons. The third-order valence-electron chi connectivity index (χ3n) is 2.59. The minimum atomic E-state index is -0.536. The molecule has 0 spiro atoms. The van der Waals surface area contributed by atoms with Crippen LogP contribution in [0.25, 0.3) is 0 Å². The average molecular weight is 262 g/mol. The molecule has 19 heavy (non-hydrogen) atoms. The lowest BCUT2D eigenvalue weighted by atomic mass is 10.2. The van der Waals surface area contributed by atoms with Gasteiger partial charge in [0.2, 0.25) is 0 Å². The molecule has 0 radical (unpaired) electrons. The van der Waals surface area contributed by atoms with Crippen LogP contribution in [-0.2, 0) is 17.9 Å². The second kappa shape index (κ2) is 7.68. The molecule has 0 aliphatic heterocycles. The van der Waals surface area contributed by atoms with Crippen molar-refractivity contribution in [2.24, 2.45) is 0 Å². The van der Waals surface area contributed by atoms with E-state index in [0.29, 0.717) is 26.3 Å². The van der Waals surface area contributed by atoms with E-state index >= 15 is 0 Å². The highest BCUT2D eigenvalue weighted by Gasteiger charge is 2.05. The summed E-state index contributed by atoms with van der Waals surface area (Å²) in [5.41, 5.74) is 1.10. The molecule has 0 saturated heterocycles. The van der Waals surface area contributed by atoms with Crippen LogP contribution >= 0.6 is 0 Å². The van der Waals surface area contributed by atoms with Crippen molar-refractivity contribution < 1.29 is 14.4 Å². The molecule has 0 amide bonds. The summed E-state index contributed by atoms with van der Waals surface area (Å²) in [6.07, 6.45) is 1.06. The van der Waals surface area contributed by atoms with Crippen molar-refractivity contribution in [2.45, 2.75) is 19.3 Å². The monoisotopic (exact) mass is 262 g/mol. The summed E-state index contributed by atoms with van der Waals surface area (Å²) in [6, 6.07) is 11.7. The average Bonchev–Trinajstić information content (AvgIpc) is 2.93. The molecular weight excluding hydrogens is 244 g/mol. The Balaban J connectivity index is 1.56. The van der Waals surface area contributed by atoms with Crippen LogP contribution in [0.15, 0.2) is 47.1 Å². The molecule has 2 aromatic rings. The minimum Gasteiger partial charge on any atom is -0.389 e. The maximum Gasteiger partial charge on any atom is 0.150 e. The molecule has 1 aromatic heterocycles. The van der Waals surface area contributed by atoms with Crippen LogP contribution in [-0.4, -0.2) is 29.5 Å². The van der Waals surface area contributed by atoms with Crippen LogP contribution in [0.1, 0.15) is 11.3 Å². The number of nitrogens with zero attached hydrogens (tertiary/aromatic N) is 1. The molecule has 2 rings (SSSR count). The molecule has 0 saturated carbocycles. The Morgan fingerprint density at radius 2 is 2.11 bits per heavy atom. The molecule has 2 N–H and O–H groups in total. The molecule has 1 heterocycles. The molecule has 5 nitrogen and oxygen atoms in total. The van der Waals surface area contributed by atoms with Gasteiger partial charge in [0.05, 0.1) is 32.1 Å². The Labute approximate surface area is 112 Å². The molecule has 1 atom stereocenters. The number of aromatic nitrogens is 1. The van der Waals surface area contributed by atoms with Gasteiger partial charge in [-0.1, -0.05) is 35.5 Å². The fourth-order valence-corrected chi connectivity index (χ4v) is 1.64. The Kier molecular flexibility index (Phi) is 5.55. The van der Waals surface area contributed by atoms with Crippen molar-refractivity contribution in [3.63, 3.8) is 0 Å². The first-order valence-electron chi connectivity index (χ1n) is 6.24. The van der Waals surface area contributed by atoms with Gasteiger partial charge in [0, 0.05) is 12.6 Å². The van der Waals surface area contributed by atoms with E-state index in [-0.39, 0.29) is 0 Å². The highest BCUT2D eigenvalue weighted by atomic mass is 16.5. The highest BCUT2D eigenvalue weighted by molar-refractivity contribution is 5.13. The molecule has 0 fully saturated rings. The smallest absolute Gasteiger partial charge is 0.150 e. The summed E-state index contributed by atoms with van der Waals surface area (Å²) in [5, 5.41) is 16.4. The number of nitrogens with one attached hydrogen (secondary N) is 1. The first-order chi connectivity index (χ1) is 9.34. The fraction of sp³-hybridized carbons (Fsp3) is 0.357. The van der Waals surface area contributed by atoms with Crippen LogP contribution in [0.5, 0.6) is 0 Å². The predicted molar refractivity (Wildman–Crippen MR) is 70.3 cm³/mol. The van der Waals surface area contributed by atoms with E-state index in [1.807, 2.05) is 30.3 Å². The van der Waals surface area contributed by atoms with Crippen molar-refractivity contribution in [1.29, 1.82) is 0 Å². The molecule has 0 aliphatic carbocycles. The summed E-state index contributed by atoms with van der Waals surface area (Å²) in [6.45, 7) is 1.82. The van der Waals surface area contributed by atoms with Gasteiger partial charge in [0.1, 0.15) is 5.76 Å². The van der Waals surface area contributed by atoms with Crippen LogP contribution in [0.2, 0.25) is 0 Å². The lowest BCUT2D eigenvalue weighted by Crippen LogP contribution is -2.29. The number of ether oxygens (including phenoxy) is 1. The summed E-state index contributed by atoms with van der Waals surface area (Å²) >= 11 is 0. The molecule has 0 bridgehead atoms. The summed E-state index contributed by atoms with van der Waals surface area (Å²) in [7, 11) is 0. The maximum atomic E-state index is 9.72. The number of benzene rings is 1. The van der Waals surface area contributed by atoms with E-state index in [1.165, 1.54) is 0 Å². The number of aliphatic hydroxyl groups excluding tert-OH is 1. The van der Waals surface area contributed by atoms with Gasteiger partial charge in [0.15, 0.2) is 0 Å². The maximum absolute atomic E-state index is 9.72. The van der Waals surface area contributed by atoms with E-state index < -0.39 is 6.10 Å². The molecule has 1 aromatic carbocycles. The second-order valence-electron chi connectivity index (χ2n) is 4.26. The van der Waals surface area contributed by atoms with Crippen molar-refractivity contribution in [2.75, 3.05) is 13.2 Å². The van der Waals surface area contributed by atoms with Crippen LogP contribution < -0.4 is 5.32 Å². The molecule has 1 unspecified atom stereocenters. The summed E-state index contributed by atoms with van der Waals surface area (Å²) in [5.74, 6) is 0.748. The Morgan fingerprint density at radius 1 is 1.26 bits per heavy atom. The van der Waals surface area contributed by atoms with Crippen molar-refractivity contribution in [1.82, 2.24) is 10.5 Å². The van der Waals surface area contributed by atoms with Crippen molar-refractivity contribution in [3.05, 3.63) is 53.9 Å². The lowest BCUT2D eigenvalue weighted by molar-refractivity contribution is 0.0285. The first kappa shape index (κ1) is 13.7. The number of hydrogen-bond acceptors (Lipinski definition) is 5. The van der Waals surface area contributed by atoms with Gasteiger partial charge in [-0.2, -0.15) is 0 Å². The lowest BCUT2D eigenvalue weighted by Gasteiger charge is -2.11. The van der Waals surface area contributed by atoms with Gasteiger partial charge in [0.25, 0.3) is 0 Å². The highest BCUT2D eigenvalue weighted by Crippen LogP contribution is 2.01. The summed E-state index contributed by atoms with van der Waals surface area (Å²) in [4.78, 5) is 0. The van der Waals surface area contributed by atoms with Crippen LogP contribution in [0.3, 0.4) is 0 Å². The summed E-state index contributed by atoms with van der Waals surface area (Å²) < 4.78 is 10.4. The topological polar surface area (TPSA) is 67.5 Å². The van der Waals surface area contributed by atoms with E-state index in [1.54, 1.807) is 12.3 Å². The van der Waals surface area contributed by atoms with E-state index in [2.05, 4.69) is 10.5 Å².